The van der Waals surface area contributed by atoms with E-state index in [2.05, 4.69) is 150 Å². The van der Waals surface area contributed by atoms with Crippen LogP contribution in [0, 0.1) is 0 Å². The Kier molecular flexibility index (Phi) is 7.06. The third kappa shape index (κ3) is 4.80. The van der Waals surface area contributed by atoms with Crippen LogP contribution in [-0.2, 0) is 12.8 Å². The van der Waals surface area contributed by atoms with Crippen LogP contribution >= 0.6 is 16.1 Å². The van der Waals surface area contributed by atoms with Gasteiger partial charge in [0.15, 0.2) is 0 Å². The van der Waals surface area contributed by atoms with E-state index < -0.39 is 16.1 Å². The number of fused-ring (bicyclic) bond motifs is 1. The van der Waals surface area contributed by atoms with Gasteiger partial charge in [-0.05, 0) is 45.2 Å². The summed E-state index contributed by atoms with van der Waals surface area (Å²) in [6.07, 6.45) is 2.18. The number of hydrogen-bond donors (Lipinski definition) is 0. The van der Waals surface area contributed by atoms with Crippen LogP contribution in [0.5, 0.6) is 0 Å². The minimum absolute atomic E-state index is 0.431. The highest BCUT2D eigenvalue weighted by Crippen LogP contribution is 2.57. The monoisotopic (exact) mass is 501 g/mol. The molecule has 0 spiro atoms. The number of rotatable bonds is 7. The number of hydrogen-bond acceptors (Lipinski definition) is 1. The van der Waals surface area contributed by atoms with Crippen LogP contribution in [-0.4, -0.2) is 10.5 Å². The van der Waals surface area contributed by atoms with Gasteiger partial charge in [0.1, 0.15) is 0 Å². The predicted molar refractivity (Wildman–Crippen MR) is 158 cm³/mol. The lowest BCUT2D eigenvalue weighted by Crippen LogP contribution is -2.38. The number of benzene rings is 5. The molecule has 0 N–H and O–H groups in total. The Morgan fingerprint density at radius 3 is 0.972 bits per heavy atom. The molecule has 0 radical (unpaired) electrons. The van der Waals surface area contributed by atoms with Crippen molar-refractivity contribution >= 4 is 37.4 Å². The maximum absolute atomic E-state index is 2.93. The zero-order valence-electron chi connectivity index (χ0n) is 20.2. The van der Waals surface area contributed by atoms with Gasteiger partial charge in [-0.3, -0.25) is 0 Å². The molecule has 0 fully saturated rings. The van der Waals surface area contributed by atoms with Crippen LogP contribution in [0.25, 0.3) is 0 Å². The van der Waals surface area contributed by atoms with Gasteiger partial charge in [0.25, 0.3) is 0 Å². The van der Waals surface area contributed by atoms with E-state index in [1.165, 1.54) is 32.3 Å². The Morgan fingerprint density at radius 2 is 0.667 bits per heavy atom. The van der Waals surface area contributed by atoms with Crippen molar-refractivity contribution in [1.29, 1.82) is 0 Å². The molecule has 0 atom stereocenters. The second-order valence-corrected chi connectivity index (χ2v) is 13.6. The summed E-state index contributed by atoms with van der Waals surface area (Å²) < 4.78 is 2.93. The Morgan fingerprint density at radius 1 is 0.389 bits per heavy atom. The summed E-state index contributed by atoms with van der Waals surface area (Å²) in [4.78, 5) is 0. The second-order valence-electron chi connectivity index (χ2n) is 9.12. The SMILES string of the molecule is c1ccc(P(c2ccccc2)N(C2Cc3ccccc3C2)P(c2ccccc2)c2ccccc2)cc1. The first-order chi connectivity index (χ1) is 17.9. The molecule has 5 aromatic rings. The van der Waals surface area contributed by atoms with Crippen molar-refractivity contribution in [2.45, 2.75) is 18.9 Å². The zero-order valence-corrected chi connectivity index (χ0v) is 22.0. The van der Waals surface area contributed by atoms with Crippen LogP contribution < -0.4 is 21.2 Å². The van der Waals surface area contributed by atoms with Gasteiger partial charge in [0.2, 0.25) is 0 Å². The van der Waals surface area contributed by atoms with Crippen LogP contribution in [0.4, 0.5) is 0 Å². The minimum Gasteiger partial charge on any atom is -0.241 e. The van der Waals surface area contributed by atoms with E-state index in [4.69, 9.17) is 0 Å². The second kappa shape index (κ2) is 10.9. The summed E-state index contributed by atoms with van der Waals surface area (Å²) in [6.45, 7) is 0. The lowest BCUT2D eigenvalue weighted by atomic mass is 10.1. The van der Waals surface area contributed by atoms with Gasteiger partial charge < -0.3 is 0 Å². The highest BCUT2D eigenvalue weighted by Gasteiger charge is 2.39. The molecule has 0 aromatic heterocycles. The van der Waals surface area contributed by atoms with Gasteiger partial charge in [-0.25, -0.2) is 4.44 Å². The van der Waals surface area contributed by atoms with Gasteiger partial charge >= 0.3 is 0 Å². The molecule has 0 heterocycles. The summed E-state index contributed by atoms with van der Waals surface area (Å²) >= 11 is 0. The van der Waals surface area contributed by atoms with Crippen molar-refractivity contribution in [3.8, 4) is 0 Å². The van der Waals surface area contributed by atoms with E-state index in [1.54, 1.807) is 0 Å². The van der Waals surface area contributed by atoms with Crippen LogP contribution in [0.15, 0.2) is 146 Å². The molecule has 6 rings (SSSR count). The molecule has 1 aliphatic rings. The average Bonchev–Trinajstić information content (AvgIpc) is 3.39. The van der Waals surface area contributed by atoms with E-state index in [9.17, 15) is 0 Å². The first-order valence-electron chi connectivity index (χ1n) is 12.5. The molecule has 1 nitrogen and oxygen atoms in total. The first kappa shape index (κ1) is 23.3. The Bertz CT molecular complexity index is 1200. The third-order valence-electron chi connectivity index (χ3n) is 6.77. The lowest BCUT2D eigenvalue weighted by molar-refractivity contribution is 0.519. The predicted octanol–water partition coefficient (Wildman–Crippen LogP) is 6.55. The van der Waals surface area contributed by atoms with Crippen molar-refractivity contribution in [1.82, 2.24) is 4.44 Å². The topological polar surface area (TPSA) is 3.24 Å². The largest absolute Gasteiger partial charge is 0.241 e. The van der Waals surface area contributed by atoms with E-state index in [0.717, 1.165) is 12.8 Å². The summed E-state index contributed by atoms with van der Waals surface area (Å²) in [5, 5.41) is 5.64. The maximum atomic E-state index is 2.93. The molecule has 1 aliphatic carbocycles. The Balaban J connectivity index is 1.57. The van der Waals surface area contributed by atoms with E-state index in [0.29, 0.717) is 6.04 Å². The molecular formula is C33H29NP2. The van der Waals surface area contributed by atoms with Crippen LogP contribution in [0.3, 0.4) is 0 Å². The van der Waals surface area contributed by atoms with Gasteiger partial charge in [0.05, 0.1) is 0 Å². The fraction of sp³-hybridized carbons (Fsp3) is 0.0909. The molecule has 0 aliphatic heterocycles. The Labute approximate surface area is 217 Å². The Hall–Kier alpha value is -3.08. The van der Waals surface area contributed by atoms with Crippen molar-refractivity contribution in [3.05, 3.63) is 157 Å². The average molecular weight is 502 g/mol. The van der Waals surface area contributed by atoms with Gasteiger partial charge in [-0.15, -0.1) is 0 Å². The molecule has 0 unspecified atom stereocenters. The van der Waals surface area contributed by atoms with Crippen molar-refractivity contribution < 1.29 is 0 Å². The van der Waals surface area contributed by atoms with Crippen molar-refractivity contribution in [2.24, 2.45) is 0 Å². The third-order valence-corrected chi connectivity index (χ3v) is 12.5. The molecule has 5 aromatic carbocycles. The molecule has 0 saturated heterocycles. The number of nitrogens with zero attached hydrogens (tertiary/aromatic N) is 1. The fourth-order valence-electron chi connectivity index (χ4n) is 5.16. The summed E-state index contributed by atoms with van der Waals surface area (Å²) in [6, 6.07) is 54.2. The van der Waals surface area contributed by atoms with E-state index >= 15 is 0 Å². The standard InChI is InChI=1S/C33H29NP2/c1-5-17-30(18-6-1)35(31-19-7-2-8-20-31)34(29-25-27-15-13-14-16-28(27)26-29)36(32-21-9-3-10-22-32)33-23-11-4-12-24-33/h1-24,29H,25-26H2. The summed E-state index contributed by atoms with van der Waals surface area (Å²) in [7, 11) is -1.50. The fourth-order valence-corrected chi connectivity index (χ4v) is 11.5. The first-order valence-corrected chi connectivity index (χ1v) is 15.1. The van der Waals surface area contributed by atoms with E-state index in [1.807, 2.05) is 0 Å². The van der Waals surface area contributed by atoms with E-state index in [-0.39, 0.29) is 0 Å². The quantitative estimate of drug-likeness (QED) is 0.229. The van der Waals surface area contributed by atoms with Gasteiger partial charge in [-0.1, -0.05) is 146 Å². The smallest absolute Gasteiger partial charge is 0.0326 e. The molecule has 36 heavy (non-hydrogen) atoms. The minimum atomic E-state index is -0.752. The highest BCUT2D eigenvalue weighted by atomic mass is 31.2. The van der Waals surface area contributed by atoms with Crippen LogP contribution in [0.2, 0.25) is 0 Å². The highest BCUT2D eigenvalue weighted by molar-refractivity contribution is 7.84. The summed E-state index contributed by atoms with van der Waals surface area (Å²) in [5.74, 6) is 0. The van der Waals surface area contributed by atoms with Crippen molar-refractivity contribution in [2.75, 3.05) is 0 Å². The molecule has 3 heteroatoms. The molecule has 0 bridgehead atoms. The maximum Gasteiger partial charge on any atom is 0.0326 e. The molecular weight excluding hydrogens is 472 g/mol. The zero-order chi connectivity index (χ0) is 24.2. The normalized spacial score (nSPS) is 13.4. The molecule has 0 saturated carbocycles. The molecule has 176 valence electrons. The summed E-state index contributed by atoms with van der Waals surface area (Å²) in [5.41, 5.74) is 3.00. The lowest BCUT2D eigenvalue weighted by Gasteiger charge is -2.43. The molecule has 0 amide bonds. The van der Waals surface area contributed by atoms with Crippen LogP contribution in [0.1, 0.15) is 11.1 Å². The van der Waals surface area contributed by atoms with Gasteiger partial charge in [0, 0.05) is 22.2 Å². The van der Waals surface area contributed by atoms with Gasteiger partial charge in [-0.2, -0.15) is 0 Å². The van der Waals surface area contributed by atoms with Crippen molar-refractivity contribution in [3.63, 3.8) is 0 Å².